The molecular weight excluding hydrogens is 431 g/mol. The Hall–Kier alpha value is 0.347. The summed E-state index contributed by atoms with van der Waals surface area (Å²) in [5.74, 6) is 0. The molecule has 0 bridgehead atoms. The van der Waals surface area contributed by atoms with Crippen LogP contribution in [0.5, 0.6) is 0 Å². The fourth-order valence-corrected chi connectivity index (χ4v) is 5.73. The van der Waals surface area contributed by atoms with Crippen molar-refractivity contribution in [1.82, 2.24) is 0 Å². The zero-order valence-electron chi connectivity index (χ0n) is 15.2. The lowest BCUT2D eigenvalue weighted by atomic mass is 9.66. The topological polar surface area (TPSA) is 9.23 Å². The standard InChI is InChI=1S/C19H31IOSSi/c1-18(2,3)23(4,5)21-13-6-10-17(20)19(11-8-12-19)15-16-9-7-14-22-16/h7,9-10,14H,6,8,11-13,15H2,1-5H3/b17-10-. The van der Waals surface area contributed by atoms with Gasteiger partial charge in [-0.15, -0.1) is 11.3 Å². The normalized spacial score (nSPS) is 18.8. The van der Waals surface area contributed by atoms with E-state index in [9.17, 15) is 0 Å². The molecule has 1 saturated carbocycles. The Morgan fingerprint density at radius 1 is 1.39 bits per heavy atom. The zero-order valence-corrected chi connectivity index (χ0v) is 19.2. The molecule has 4 heteroatoms. The molecule has 0 aliphatic heterocycles. The summed E-state index contributed by atoms with van der Waals surface area (Å²) in [6.45, 7) is 12.5. The van der Waals surface area contributed by atoms with Crippen LogP contribution in [0.4, 0.5) is 0 Å². The van der Waals surface area contributed by atoms with Gasteiger partial charge in [-0.3, -0.25) is 0 Å². The lowest BCUT2D eigenvalue weighted by molar-refractivity contribution is 0.201. The van der Waals surface area contributed by atoms with E-state index in [1.165, 1.54) is 30.6 Å². The first-order chi connectivity index (χ1) is 10.7. The van der Waals surface area contributed by atoms with Gasteiger partial charge in [0.25, 0.3) is 0 Å². The number of rotatable bonds is 7. The summed E-state index contributed by atoms with van der Waals surface area (Å²) in [7, 11) is -1.60. The highest BCUT2D eigenvalue weighted by molar-refractivity contribution is 14.1. The minimum absolute atomic E-state index is 0.304. The molecule has 1 nitrogen and oxygen atoms in total. The average molecular weight is 463 g/mol. The largest absolute Gasteiger partial charge is 0.417 e. The summed E-state index contributed by atoms with van der Waals surface area (Å²) in [4.78, 5) is 1.53. The highest BCUT2D eigenvalue weighted by atomic mass is 127. The van der Waals surface area contributed by atoms with Crippen LogP contribution in [-0.2, 0) is 10.8 Å². The Kier molecular flexibility index (Phi) is 6.59. The summed E-state index contributed by atoms with van der Waals surface area (Å²) in [5.41, 5.74) is 0.433. The second-order valence-corrected chi connectivity index (χ2v) is 15.3. The van der Waals surface area contributed by atoms with Crippen LogP contribution in [0.1, 0.15) is 51.3 Å². The lowest BCUT2D eigenvalue weighted by Gasteiger charge is -2.42. The minimum atomic E-state index is -1.60. The number of hydrogen-bond donors (Lipinski definition) is 0. The first-order valence-corrected chi connectivity index (χ1v) is 13.6. The fourth-order valence-electron chi connectivity index (χ4n) is 2.78. The Morgan fingerprint density at radius 2 is 2.09 bits per heavy atom. The van der Waals surface area contributed by atoms with Gasteiger partial charge >= 0.3 is 0 Å². The van der Waals surface area contributed by atoms with Gasteiger partial charge in [0.2, 0.25) is 0 Å². The summed E-state index contributed by atoms with van der Waals surface area (Å²) in [6.07, 6.45) is 8.80. The predicted octanol–water partition coefficient (Wildman–Crippen LogP) is 7.19. The maximum atomic E-state index is 6.31. The number of hydrogen-bond acceptors (Lipinski definition) is 2. The van der Waals surface area contributed by atoms with E-state index in [1.54, 1.807) is 3.58 Å². The van der Waals surface area contributed by atoms with E-state index in [-0.39, 0.29) is 0 Å². The zero-order chi connectivity index (χ0) is 17.1. The van der Waals surface area contributed by atoms with Crippen LogP contribution in [0.15, 0.2) is 27.2 Å². The monoisotopic (exact) mass is 462 g/mol. The van der Waals surface area contributed by atoms with Crippen molar-refractivity contribution in [2.75, 3.05) is 6.61 Å². The minimum Gasteiger partial charge on any atom is -0.417 e. The lowest BCUT2D eigenvalue weighted by Crippen LogP contribution is -2.40. The van der Waals surface area contributed by atoms with Gasteiger partial charge < -0.3 is 4.43 Å². The summed E-state index contributed by atoms with van der Waals surface area (Å²) >= 11 is 4.50. The van der Waals surface area contributed by atoms with Crippen LogP contribution in [-0.4, -0.2) is 14.9 Å². The van der Waals surface area contributed by atoms with Crippen LogP contribution in [0.25, 0.3) is 0 Å². The molecule has 0 N–H and O–H groups in total. The van der Waals surface area contributed by atoms with Crippen LogP contribution < -0.4 is 0 Å². The van der Waals surface area contributed by atoms with E-state index in [0.29, 0.717) is 10.5 Å². The van der Waals surface area contributed by atoms with Gasteiger partial charge in [0, 0.05) is 16.9 Å². The third-order valence-corrected chi connectivity index (χ3v) is 12.6. The molecule has 1 fully saturated rings. The van der Waals surface area contributed by atoms with Crippen molar-refractivity contribution < 1.29 is 4.43 Å². The highest BCUT2D eigenvalue weighted by Crippen LogP contribution is 2.52. The van der Waals surface area contributed by atoms with Crippen molar-refractivity contribution in [3.63, 3.8) is 0 Å². The van der Waals surface area contributed by atoms with Crippen molar-refractivity contribution >= 4 is 42.2 Å². The van der Waals surface area contributed by atoms with Gasteiger partial charge in [-0.25, -0.2) is 0 Å². The number of halogens is 1. The second kappa shape index (κ2) is 7.71. The molecule has 0 spiro atoms. The molecule has 1 aromatic rings. The van der Waals surface area contributed by atoms with E-state index in [2.05, 4.69) is 80.0 Å². The molecule has 2 rings (SSSR count). The van der Waals surface area contributed by atoms with Crippen molar-refractivity contribution in [2.24, 2.45) is 5.41 Å². The van der Waals surface area contributed by atoms with Gasteiger partial charge in [-0.2, -0.15) is 0 Å². The SMILES string of the molecule is CC(C)(C)[Si](C)(C)OCC/C=C(\I)C1(Cc2cccs2)CCC1. The van der Waals surface area contributed by atoms with Crippen molar-refractivity contribution in [2.45, 2.75) is 71.0 Å². The van der Waals surface area contributed by atoms with Gasteiger partial charge in [-0.1, -0.05) is 39.3 Å². The quantitative estimate of drug-likeness (QED) is 0.237. The Balaban J connectivity index is 1.89. The number of allylic oxidation sites excluding steroid dienone is 1. The molecule has 1 aromatic heterocycles. The van der Waals surface area contributed by atoms with Crippen LogP contribution >= 0.6 is 33.9 Å². The first-order valence-electron chi connectivity index (χ1n) is 8.69. The molecule has 130 valence electrons. The third kappa shape index (κ3) is 4.92. The van der Waals surface area contributed by atoms with Gasteiger partial charge in [0.1, 0.15) is 0 Å². The molecule has 1 aliphatic rings. The van der Waals surface area contributed by atoms with Crippen LogP contribution in [0, 0.1) is 5.41 Å². The predicted molar refractivity (Wildman–Crippen MR) is 114 cm³/mol. The summed E-state index contributed by atoms with van der Waals surface area (Å²) < 4.78 is 7.87. The van der Waals surface area contributed by atoms with Crippen LogP contribution in [0.3, 0.4) is 0 Å². The molecule has 23 heavy (non-hydrogen) atoms. The molecule has 0 saturated heterocycles. The summed E-state index contributed by atoms with van der Waals surface area (Å²) in [6, 6.07) is 4.46. The Labute approximate surface area is 161 Å². The molecule has 1 heterocycles. The molecule has 0 radical (unpaired) electrons. The molecule has 0 aromatic carbocycles. The van der Waals surface area contributed by atoms with E-state index < -0.39 is 8.32 Å². The smallest absolute Gasteiger partial charge is 0.191 e. The molecule has 0 atom stereocenters. The van der Waals surface area contributed by atoms with E-state index in [4.69, 9.17) is 4.43 Å². The van der Waals surface area contributed by atoms with Crippen molar-refractivity contribution in [1.29, 1.82) is 0 Å². The van der Waals surface area contributed by atoms with Crippen molar-refractivity contribution in [3.8, 4) is 0 Å². The number of thiophene rings is 1. The molecule has 0 amide bonds. The Bertz CT molecular complexity index is 524. The molecule has 1 aliphatic carbocycles. The van der Waals surface area contributed by atoms with Gasteiger partial charge in [0.05, 0.1) is 0 Å². The Morgan fingerprint density at radius 3 is 2.57 bits per heavy atom. The van der Waals surface area contributed by atoms with Gasteiger partial charge in [0.15, 0.2) is 8.32 Å². The van der Waals surface area contributed by atoms with Crippen molar-refractivity contribution in [3.05, 3.63) is 32.0 Å². The maximum Gasteiger partial charge on any atom is 0.191 e. The molecule has 0 unspecified atom stereocenters. The van der Waals surface area contributed by atoms with Crippen LogP contribution in [0.2, 0.25) is 18.1 Å². The first kappa shape index (κ1) is 19.7. The summed E-state index contributed by atoms with van der Waals surface area (Å²) in [5, 5.41) is 2.50. The van der Waals surface area contributed by atoms with E-state index in [0.717, 1.165) is 13.0 Å². The molecular formula is C19H31IOSSi. The maximum absolute atomic E-state index is 6.31. The highest BCUT2D eigenvalue weighted by Gasteiger charge is 2.40. The van der Waals surface area contributed by atoms with E-state index in [1.807, 2.05) is 11.3 Å². The van der Waals surface area contributed by atoms with E-state index >= 15 is 0 Å². The fraction of sp³-hybridized carbons (Fsp3) is 0.684. The van der Waals surface area contributed by atoms with Gasteiger partial charge in [-0.05, 0) is 81.4 Å². The third-order valence-electron chi connectivity index (χ3n) is 5.62. The average Bonchev–Trinajstić information content (AvgIpc) is 2.90. The second-order valence-electron chi connectivity index (χ2n) is 8.34.